The van der Waals surface area contributed by atoms with Crippen LogP contribution in [0.4, 0.5) is 0 Å². The molecule has 3 nitrogen and oxygen atoms in total. The lowest BCUT2D eigenvalue weighted by Crippen LogP contribution is -2.13. The lowest BCUT2D eigenvalue weighted by molar-refractivity contribution is -0.142. The van der Waals surface area contributed by atoms with E-state index in [1.165, 1.54) is 17.3 Å². The van der Waals surface area contributed by atoms with Gasteiger partial charge >= 0.3 is 5.97 Å². The summed E-state index contributed by atoms with van der Waals surface area (Å²) in [7, 11) is 0. The minimum Gasteiger partial charge on any atom is -0.465 e. The molecular formula is C21H21NO2S. The van der Waals surface area contributed by atoms with Gasteiger partial charge in [-0.05, 0) is 49.2 Å². The molecule has 1 aromatic heterocycles. The van der Waals surface area contributed by atoms with Crippen molar-refractivity contribution in [2.75, 3.05) is 6.61 Å². The first kappa shape index (κ1) is 17.4. The number of rotatable bonds is 6. The number of benzene rings is 2. The molecule has 0 amide bonds. The van der Waals surface area contributed by atoms with Crippen LogP contribution in [-0.4, -0.2) is 17.1 Å². The summed E-state index contributed by atoms with van der Waals surface area (Å²) in [5.41, 5.74) is 3.20. The molecule has 0 N–H and O–H groups in total. The van der Waals surface area contributed by atoms with E-state index < -0.39 is 5.25 Å². The molecule has 1 heterocycles. The predicted molar refractivity (Wildman–Crippen MR) is 102 cm³/mol. The second-order valence-corrected chi connectivity index (χ2v) is 6.87. The maximum atomic E-state index is 12.6. The Morgan fingerprint density at radius 1 is 1.08 bits per heavy atom. The van der Waals surface area contributed by atoms with Crippen LogP contribution in [0.15, 0.2) is 78.0 Å². The fraction of sp³-hybridized carbons (Fsp3) is 0.190. The highest BCUT2D eigenvalue weighted by atomic mass is 32.2. The smallest absolute Gasteiger partial charge is 0.323 e. The van der Waals surface area contributed by atoms with Gasteiger partial charge in [-0.1, -0.05) is 36.4 Å². The zero-order chi connectivity index (χ0) is 17.6. The molecule has 2 aromatic carbocycles. The summed E-state index contributed by atoms with van der Waals surface area (Å²) in [6.07, 6.45) is 4.03. The van der Waals surface area contributed by atoms with Crippen LogP contribution < -0.4 is 0 Å². The number of nitrogens with zero attached hydrogens (tertiary/aromatic N) is 1. The van der Waals surface area contributed by atoms with Crippen molar-refractivity contribution in [3.8, 4) is 5.69 Å². The van der Waals surface area contributed by atoms with Crippen molar-refractivity contribution in [2.24, 2.45) is 0 Å². The summed E-state index contributed by atoms with van der Waals surface area (Å²) in [4.78, 5) is 13.6. The van der Waals surface area contributed by atoms with Crippen LogP contribution in [0.3, 0.4) is 0 Å². The second-order valence-electron chi connectivity index (χ2n) is 5.72. The Morgan fingerprint density at radius 3 is 2.48 bits per heavy atom. The van der Waals surface area contributed by atoms with Crippen LogP contribution in [0.25, 0.3) is 5.69 Å². The first-order valence-corrected chi connectivity index (χ1v) is 9.19. The first-order chi connectivity index (χ1) is 12.2. The topological polar surface area (TPSA) is 31.2 Å². The van der Waals surface area contributed by atoms with E-state index >= 15 is 0 Å². The van der Waals surface area contributed by atoms with Crippen molar-refractivity contribution >= 4 is 17.7 Å². The number of esters is 1. The number of carbonyl (C=O) groups is 1. The van der Waals surface area contributed by atoms with Crippen molar-refractivity contribution in [2.45, 2.75) is 24.0 Å². The minimum atomic E-state index is -0.391. The Labute approximate surface area is 152 Å². The van der Waals surface area contributed by atoms with Gasteiger partial charge in [0.05, 0.1) is 12.3 Å². The highest BCUT2D eigenvalue weighted by Gasteiger charge is 2.24. The van der Waals surface area contributed by atoms with Crippen LogP contribution in [0.1, 0.15) is 23.3 Å². The Balaban J connectivity index is 1.99. The number of ether oxygens (including phenoxy) is 1. The zero-order valence-electron chi connectivity index (χ0n) is 14.4. The first-order valence-electron chi connectivity index (χ1n) is 8.31. The van der Waals surface area contributed by atoms with E-state index in [0.29, 0.717) is 6.61 Å². The summed E-state index contributed by atoms with van der Waals surface area (Å²) in [5, 5.41) is -0.391. The molecule has 0 aliphatic rings. The zero-order valence-corrected chi connectivity index (χ0v) is 15.2. The molecule has 3 aromatic rings. The van der Waals surface area contributed by atoms with Crippen molar-refractivity contribution in [1.82, 2.24) is 4.57 Å². The molecule has 25 heavy (non-hydrogen) atoms. The lowest BCUT2D eigenvalue weighted by atomic mass is 10.1. The van der Waals surface area contributed by atoms with Crippen LogP contribution in [0.5, 0.6) is 0 Å². The molecule has 1 atom stereocenters. The maximum absolute atomic E-state index is 12.6. The quantitative estimate of drug-likeness (QED) is 0.453. The Hall–Kier alpha value is -2.46. The lowest BCUT2D eigenvalue weighted by Gasteiger charge is -2.18. The minimum absolute atomic E-state index is 0.210. The summed E-state index contributed by atoms with van der Waals surface area (Å²) in [6, 6.07) is 20.1. The normalized spacial score (nSPS) is 11.9. The maximum Gasteiger partial charge on any atom is 0.323 e. The predicted octanol–water partition coefficient (Wildman–Crippen LogP) is 5.18. The van der Waals surface area contributed by atoms with Gasteiger partial charge in [-0.2, -0.15) is 0 Å². The van der Waals surface area contributed by atoms with E-state index in [9.17, 15) is 4.79 Å². The van der Waals surface area contributed by atoms with Crippen LogP contribution >= 0.6 is 11.8 Å². The van der Waals surface area contributed by atoms with Gasteiger partial charge in [-0.25, -0.2) is 0 Å². The number of thioether (sulfide) groups is 1. The summed E-state index contributed by atoms with van der Waals surface area (Å²) in [6.45, 7) is 4.28. The van der Waals surface area contributed by atoms with E-state index in [2.05, 4.69) is 29.7 Å². The molecule has 128 valence electrons. The molecule has 0 saturated heterocycles. The van der Waals surface area contributed by atoms with Crippen LogP contribution in [-0.2, 0) is 9.53 Å². The molecule has 0 aliphatic carbocycles. The van der Waals surface area contributed by atoms with E-state index in [-0.39, 0.29) is 5.97 Å². The second kappa shape index (κ2) is 8.08. The molecule has 0 bridgehead atoms. The number of aryl methyl sites for hydroxylation is 1. The highest BCUT2D eigenvalue weighted by molar-refractivity contribution is 8.00. The fourth-order valence-corrected chi connectivity index (χ4v) is 3.79. The van der Waals surface area contributed by atoms with Gasteiger partial charge < -0.3 is 9.30 Å². The van der Waals surface area contributed by atoms with Gasteiger partial charge in [0.2, 0.25) is 0 Å². The van der Waals surface area contributed by atoms with Crippen molar-refractivity contribution in [1.29, 1.82) is 0 Å². The SMILES string of the molecule is CCOC(=O)C(Sc1ccc(C)cc1-n1cccc1)c1ccccc1. The Kier molecular flexibility index (Phi) is 5.61. The third-order valence-electron chi connectivity index (χ3n) is 3.84. The van der Waals surface area contributed by atoms with Gasteiger partial charge in [0.25, 0.3) is 0 Å². The van der Waals surface area contributed by atoms with Gasteiger partial charge in [0.1, 0.15) is 5.25 Å². The average molecular weight is 351 g/mol. The molecule has 0 radical (unpaired) electrons. The number of aromatic nitrogens is 1. The van der Waals surface area contributed by atoms with E-state index in [1.54, 1.807) is 0 Å². The molecular weight excluding hydrogens is 330 g/mol. The van der Waals surface area contributed by atoms with Gasteiger partial charge in [-0.15, -0.1) is 11.8 Å². The van der Waals surface area contributed by atoms with Crippen molar-refractivity contribution in [3.05, 3.63) is 84.2 Å². The highest BCUT2D eigenvalue weighted by Crippen LogP contribution is 2.39. The molecule has 0 saturated carbocycles. The average Bonchev–Trinajstić information content (AvgIpc) is 3.16. The summed E-state index contributed by atoms with van der Waals surface area (Å²) in [5.74, 6) is -0.210. The van der Waals surface area contributed by atoms with Crippen molar-refractivity contribution < 1.29 is 9.53 Å². The van der Waals surface area contributed by atoms with Crippen molar-refractivity contribution in [3.63, 3.8) is 0 Å². The van der Waals surface area contributed by atoms with Crippen LogP contribution in [0, 0.1) is 6.92 Å². The van der Waals surface area contributed by atoms with Gasteiger partial charge in [0.15, 0.2) is 0 Å². The third kappa shape index (κ3) is 4.15. The molecule has 0 fully saturated rings. The number of carbonyl (C=O) groups excluding carboxylic acids is 1. The standard InChI is InChI=1S/C21H21NO2S/c1-3-24-21(23)20(17-9-5-4-6-10-17)25-19-12-11-16(2)15-18(19)22-13-7-8-14-22/h4-15,20H,3H2,1-2H3. The molecule has 0 spiro atoms. The molecule has 4 heteroatoms. The summed E-state index contributed by atoms with van der Waals surface area (Å²) < 4.78 is 7.39. The van der Waals surface area contributed by atoms with E-state index in [1.807, 2.05) is 61.8 Å². The largest absolute Gasteiger partial charge is 0.465 e. The third-order valence-corrected chi connectivity index (χ3v) is 5.14. The van der Waals surface area contributed by atoms with Gasteiger partial charge in [-0.3, -0.25) is 4.79 Å². The number of hydrogen-bond donors (Lipinski definition) is 0. The molecule has 3 rings (SSSR count). The van der Waals surface area contributed by atoms with E-state index in [4.69, 9.17) is 4.74 Å². The fourth-order valence-electron chi connectivity index (χ4n) is 2.65. The Morgan fingerprint density at radius 2 is 1.80 bits per heavy atom. The van der Waals surface area contributed by atoms with Crippen LogP contribution in [0.2, 0.25) is 0 Å². The Bertz CT molecular complexity index is 828. The summed E-state index contributed by atoms with van der Waals surface area (Å²) >= 11 is 1.53. The molecule has 1 unspecified atom stereocenters. The molecule has 0 aliphatic heterocycles. The monoisotopic (exact) mass is 351 g/mol. The van der Waals surface area contributed by atoms with Gasteiger partial charge in [0, 0.05) is 17.3 Å². The van der Waals surface area contributed by atoms with E-state index in [0.717, 1.165) is 16.1 Å². The number of hydrogen-bond acceptors (Lipinski definition) is 3.